The number of rotatable bonds is 0. The highest BCUT2D eigenvalue weighted by atomic mass is 14.6. The fourth-order valence-corrected chi connectivity index (χ4v) is 1.86. The highest BCUT2D eigenvalue weighted by Gasteiger charge is 1.98. The van der Waals surface area contributed by atoms with Crippen molar-refractivity contribution in [3.63, 3.8) is 0 Å². The van der Waals surface area contributed by atoms with Crippen molar-refractivity contribution >= 4 is 21.5 Å². The Hall–Kier alpha value is -1.89. The van der Waals surface area contributed by atoms with E-state index < -0.39 is 0 Å². The highest BCUT2D eigenvalue weighted by molar-refractivity contribution is 6.07. The average Bonchev–Trinajstić information content (AvgIpc) is 2.55. The standard InChI is InChI=1S/C13H9N/c1-3-10-6-7-11-9-14-8-2-5-13(11)12(10)4-1/h1-9H. The summed E-state index contributed by atoms with van der Waals surface area (Å²) in [6.07, 6.45) is 3.72. The van der Waals surface area contributed by atoms with Gasteiger partial charge in [0.1, 0.15) is 0 Å². The maximum atomic E-state index is 4.17. The maximum Gasteiger partial charge on any atom is 0.0346 e. The van der Waals surface area contributed by atoms with Gasteiger partial charge in [0, 0.05) is 17.8 Å². The van der Waals surface area contributed by atoms with Gasteiger partial charge in [-0.15, -0.1) is 0 Å². The Morgan fingerprint density at radius 1 is 0.714 bits per heavy atom. The predicted octanol–water partition coefficient (Wildman–Crippen LogP) is 3.39. The van der Waals surface area contributed by atoms with Crippen LogP contribution >= 0.6 is 0 Å². The molecular weight excluding hydrogens is 170 g/mol. The second-order valence-electron chi connectivity index (χ2n) is 3.38. The summed E-state index contributed by atoms with van der Waals surface area (Å²) in [4.78, 5) is 4.17. The van der Waals surface area contributed by atoms with Crippen LogP contribution in [0.2, 0.25) is 0 Å². The molecule has 1 nitrogen and oxygen atoms in total. The minimum absolute atomic E-state index is 1.19. The molecule has 3 rings (SSSR count). The van der Waals surface area contributed by atoms with Crippen LogP contribution in [0.3, 0.4) is 0 Å². The fraction of sp³-hybridized carbons (Fsp3) is 0. The lowest BCUT2D eigenvalue weighted by atomic mass is 10.1. The van der Waals surface area contributed by atoms with Crippen molar-refractivity contribution in [1.82, 2.24) is 4.98 Å². The lowest BCUT2D eigenvalue weighted by Gasteiger charge is -1.94. The predicted molar refractivity (Wildman–Crippen MR) is 59.2 cm³/mol. The first-order chi connectivity index (χ1) is 6.95. The second-order valence-corrected chi connectivity index (χ2v) is 3.38. The Balaban J connectivity index is 2.64. The SMILES string of the molecule is c1cc2ccc3cncccc3c2c1. The molecule has 14 heavy (non-hydrogen) atoms. The molecule has 0 unspecified atom stereocenters. The molecule has 0 atom stereocenters. The van der Waals surface area contributed by atoms with E-state index in [-0.39, 0.29) is 0 Å². The van der Waals surface area contributed by atoms with Crippen LogP contribution in [0.25, 0.3) is 21.5 Å². The molecule has 0 aliphatic rings. The summed E-state index contributed by atoms with van der Waals surface area (Å²) in [7, 11) is 0. The summed E-state index contributed by atoms with van der Waals surface area (Å²) in [5.74, 6) is 0. The average molecular weight is 179 g/mol. The molecule has 3 aromatic rings. The first kappa shape index (κ1) is 7.51. The summed E-state index contributed by atoms with van der Waals surface area (Å²) in [6.45, 7) is 0. The summed E-state index contributed by atoms with van der Waals surface area (Å²) in [5.41, 5.74) is 0. The van der Waals surface area contributed by atoms with Gasteiger partial charge in [-0.25, -0.2) is 0 Å². The van der Waals surface area contributed by atoms with Gasteiger partial charge in [0.05, 0.1) is 0 Å². The van der Waals surface area contributed by atoms with E-state index in [0.29, 0.717) is 0 Å². The van der Waals surface area contributed by atoms with Crippen LogP contribution in [0.15, 0.2) is 54.9 Å². The van der Waals surface area contributed by atoms with Crippen LogP contribution in [-0.4, -0.2) is 4.98 Å². The third-order valence-electron chi connectivity index (χ3n) is 2.54. The van der Waals surface area contributed by atoms with Crippen LogP contribution in [0, 0.1) is 0 Å². The smallest absolute Gasteiger partial charge is 0.0346 e. The monoisotopic (exact) mass is 179 g/mol. The molecule has 0 aliphatic carbocycles. The molecule has 0 aliphatic heterocycles. The van der Waals surface area contributed by atoms with E-state index in [0.717, 1.165) is 0 Å². The summed E-state index contributed by atoms with van der Waals surface area (Å²) in [5, 5.41) is 5.06. The molecule has 1 heteroatoms. The van der Waals surface area contributed by atoms with Gasteiger partial charge in [0.15, 0.2) is 0 Å². The minimum atomic E-state index is 1.19. The molecule has 1 aromatic heterocycles. The summed E-state index contributed by atoms with van der Waals surface area (Å²) >= 11 is 0. The number of fused-ring (bicyclic) bond motifs is 3. The van der Waals surface area contributed by atoms with Crippen molar-refractivity contribution in [3.05, 3.63) is 54.9 Å². The fourth-order valence-electron chi connectivity index (χ4n) is 1.86. The zero-order chi connectivity index (χ0) is 9.38. The third kappa shape index (κ3) is 0.990. The van der Waals surface area contributed by atoms with Gasteiger partial charge in [-0.1, -0.05) is 36.4 Å². The van der Waals surface area contributed by atoms with Gasteiger partial charge in [-0.3, -0.25) is 4.98 Å². The Labute approximate surface area is 82.0 Å². The largest absolute Gasteiger partial charge is 0.264 e. The number of hydrogen-bond acceptors (Lipinski definition) is 1. The Kier molecular flexibility index (Phi) is 1.51. The quantitative estimate of drug-likeness (QED) is 0.515. The maximum absolute atomic E-state index is 4.17. The zero-order valence-corrected chi connectivity index (χ0v) is 7.64. The molecule has 66 valence electrons. The van der Waals surface area contributed by atoms with Crippen molar-refractivity contribution in [2.24, 2.45) is 0 Å². The molecule has 0 saturated heterocycles. The molecule has 0 radical (unpaired) electrons. The van der Waals surface area contributed by atoms with Crippen LogP contribution in [-0.2, 0) is 0 Å². The van der Waals surface area contributed by atoms with E-state index >= 15 is 0 Å². The van der Waals surface area contributed by atoms with Crippen molar-refractivity contribution in [2.75, 3.05) is 0 Å². The van der Waals surface area contributed by atoms with Crippen LogP contribution in [0.4, 0.5) is 0 Å². The minimum Gasteiger partial charge on any atom is -0.264 e. The van der Waals surface area contributed by atoms with Gasteiger partial charge in [0.25, 0.3) is 0 Å². The molecule has 2 aromatic carbocycles. The van der Waals surface area contributed by atoms with Gasteiger partial charge in [-0.05, 0) is 22.2 Å². The Morgan fingerprint density at radius 3 is 2.50 bits per heavy atom. The molecule has 0 spiro atoms. The number of nitrogens with zero attached hydrogens (tertiary/aromatic N) is 1. The molecule has 0 saturated carbocycles. The number of benzene rings is 1. The van der Waals surface area contributed by atoms with E-state index in [1.807, 2.05) is 18.5 Å². The molecule has 0 N–H and O–H groups in total. The van der Waals surface area contributed by atoms with Crippen molar-refractivity contribution < 1.29 is 0 Å². The van der Waals surface area contributed by atoms with E-state index in [1.54, 1.807) is 0 Å². The van der Waals surface area contributed by atoms with Crippen LogP contribution in [0.5, 0.6) is 0 Å². The third-order valence-corrected chi connectivity index (χ3v) is 2.54. The summed E-state index contributed by atoms with van der Waals surface area (Å²) in [6, 6.07) is 14.7. The van der Waals surface area contributed by atoms with E-state index in [2.05, 4.69) is 41.4 Å². The molecule has 1 heterocycles. The highest BCUT2D eigenvalue weighted by Crippen LogP contribution is 2.24. The molecule has 0 amide bonds. The molecule has 0 bridgehead atoms. The summed E-state index contributed by atoms with van der Waals surface area (Å²) < 4.78 is 0. The number of aromatic nitrogens is 1. The number of hydrogen-bond donors (Lipinski definition) is 0. The van der Waals surface area contributed by atoms with Crippen LogP contribution < -0.4 is 0 Å². The first-order valence-corrected chi connectivity index (χ1v) is 4.67. The van der Waals surface area contributed by atoms with Crippen molar-refractivity contribution in [1.29, 1.82) is 0 Å². The van der Waals surface area contributed by atoms with Gasteiger partial charge < -0.3 is 0 Å². The van der Waals surface area contributed by atoms with Crippen molar-refractivity contribution in [3.8, 4) is 0 Å². The first-order valence-electron chi connectivity index (χ1n) is 4.67. The van der Waals surface area contributed by atoms with Gasteiger partial charge in [-0.2, -0.15) is 0 Å². The Bertz CT molecular complexity index is 599. The molecular formula is C13H9N. The molecule has 0 fully saturated rings. The van der Waals surface area contributed by atoms with Crippen molar-refractivity contribution in [2.45, 2.75) is 0 Å². The lowest BCUT2D eigenvalue weighted by molar-refractivity contribution is 1.38. The normalized spacial score (nSPS) is 10.9. The second kappa shape index (κ2) is 2.81. The van der Waals surface area contributed by atoms with Gasteiger partial charge >= 0.3 is 0 Å². The van der Waals surface area contributed by atoms with E-state index in [9.17, 15) is 0 Å². The topological polar surface area (TPSA) is 12.9 Å². The Morgan fingerprint density at radius 2 is 1.50 bits per heavy atom. The van der Waals surface area contributed by atoms with Crippen LogP contribution in [0.1, 0.15) is 0 Å². The zero-order valence-electron chi connectivity index (χ0n) is 7.64. The van der Waals surface area contributed by atoms with E-state index in [1.165, 1.54) is 21.5 Å². The lowest BCUT2D eigenvalue weighted by Crippen LogP contribution is -1.68. The van der Waals surface area contributed by atoms with Gasteiger partial charge in [0.2, 0.25) is 0 Å². The van der Waals surface area contributed by atoms with E-state index in [4.69, 9.17) is 0 Å².